The predicted molar refractivity (Wildman–Crippen MR) is 143 cm³/mol. The Hall–Kier alpha value is -4.30. The van der Waals surface area contributed by atoms with Gasteiger partial charge in [-0.2, -0.15) is 18.4 Å². The minimum Gasteiger partial charge on any atom is -0.484 e. The molecule has 1 N–H and O–H groups in total. The van der Waals surface area contributed by atoms with Gasteiger partial charge in [0.15, 0.2) is 6.61 Å². The standard InChI is InChI=1S/C29H23F3N2O5S/c1-15(2)17-6-3-4-8-21(17)38-26-25(36)19-11-10-16(12-22(19)39-27(26)29(30,31)32)37-14-24(35)34-28-20(13-33)18-7-5-9-23(18)40-28/h3-4,6,8,10-12,15H,5,7,9,14H2,1-2H3,(H,34,35). The highest BCUT2D eigenvalue weighted by atomic mass is 32.1. The van der Waals surface area contributed by atoms with Gasteiger partial charge in [0.05, 0.1) is 10.9 Å². The fraction of sp³-hybridized carbons (Fsp3) is 0.276. The number of alkyl halides is 3. The first-order valence-electron chi connectivity index (χ1n) is 12.5. The van der Waals surface area contributed by atoms with Crippen LogP contribution in [0.1, 0.15) is 53.5 Å². The molecule has 0 saturated heterocycles. The van der Waals surface area contributed by atoms with Crippen molar-refractivity contribution in [2.45, 2.75) is 45.2 Å². The molecule has 0 atom stereocenters. The third-order valence-corrected chi connectivity index (χ3v) is 7.70. The van der Waals surface area contributed by atoms with E-state index in [1.807, 2.05) is 13.8 Å². The number of ether oxygens (including phenoxy) is 2. The van der Waals surface area contributed by atoms with Crippen molar-refractivity contribution in [2.75, 3.05) is 11.9 Å². The topological polar surface area (TPSA) is 102 Å². The van der Waals surface area contributed by atoms with Crippen LogP contribution in [-0.4, -0.2) is 12.5 Å². The second-order valence-electron chi connectivity index (χ2n) is 9.55. The van der Waals surface area contributed by atoms with Gasteiger partial charge >= 0.3 is 6.18 Å². The van der Waals surface area contributed by atoms with Gasteiger partial charge in [0.2, 0.25) is 11.2 Å². The summed E-state index contributed by atoms with van der Waals surface area (Å²) in [7, 11) is 0. The first-order chi connectivity index (χ1) is 19.1. The van der Waals surface area contributed by atoms with Crippen molar-refractivity contribution in [3.63, 3.8) is 0 Å². The number of nitrogens with zero attached hydrogens (tertiary/aromatic N) is 1. The van der Waals surface area contributed by atoms with Crippen LogP contribution in [0.3, 0.4) is 0 Å². The highest BCUT2D eigenvalue weighted by Gasteiger charge is 2.40. The van der Waals surface area contributed by atoms with E-state index in [9.17, 15) is 28.0 Å². The molecular weight excluding hydrogens is 545 g/mol. The molecule has 0 fully saturated rings. The van der Waals surface area contributed by atoms with Gasteiger partial charge in [0, 0.05) is 10.9 Å². The first kappa shape index (κ1) is 27.3. The number of thiophene rings is 1. The number of nitrogens with one attached hydrogen (secondary N) is 1. The van der Waals surface area contributed by atoms with Crippen LogP contribution >= 0.6 is 11.3 Å². The van der Waals surface area contributed by atoms with E-state index in [2.05, 4.69) is 11.4 Å². The number of hydrogen-bond donors (Lipinski definition) is 1. The van der Waals surface area contributed by atoms with Gasteiger partial charge in [0.25, 0.3) is 11.7 Å². The van der Waals surface area contributed by atoms with Gasteiger partial charge in [-0.1, -0.05) is 32.0 Å². The van der Waals surface area contributed by atoms with Crippen LogP contribution in [0.4, 0.5) is 18.2 Å². The smallest absolute Gasteiger partial charge is 0.453 e. The lowest BCUT2D eigenvalue weighted by Gasteiger charge is -2.16. The second kappa shape index (κ2) is 10.7. The second-order valence-corrected chi connectivity index (χ2v) is 10.7. The lowest BCUT2D eigenvalue weighted by atomic mass is 10.0. The molecule has 1 aliphatic rings. The van der Waals surface area contributed by atoms with Crippen molar-refractivity contribution in [1.82, 2.24) is 0 Å². The molecule has 5 rings (SSSR count). The lowest BCUT2D eigenvalue weighted by molar-refractivity contribution is -0.154. The SMILES string of the molecule is CC(C)c1ccccc1Oc1c(C(F)(F)F)oc2cc(OCC(=O)Nc3sc4c(c3C#N)CCC4)ccc2c1=O. The minimum atomic E-state index is -5.02. The number of fused-ring (bicyclic) bond motifs is 2. The third kappa shape index (κ3) is 5.27. The highest BCUT2D eigenvalue weighted by molar-refractivity contribution is 7.16. The van der Waals surface area contributed by atoms with Crippen LogP contribution in [0.15, 0.2) is 51.7 Å². The van der Waals surface area contributed by atoms with Crippen molar-refractivity contribution in [3.05, 3.63) is 80.0 Å². The average molecular weight is 569 g/mol. The van der Waals surface area contributed by atoms with Gasteiger partial charge in [-0.05, 0) is 54.5 Å². The number of benzene rings is 2. The average Bonchev–Trinajstić information content (AvgIpc) is 3.49. The molecule has 0 spiro atoms. The molecule has 1 amide bonds. The Bertz CT molecular complexity index is 1720. The van der Waals surface area contributed by atoms with Gasteiger partial charge in [-0.15, -0.1) is 11.3 Å². The monoisotopic (exact) mass is 568 g/mol. The summed E-state index contributed by atoms with van der Waals surface area (Å²) in [6.07, 6.45) is -2.40. The first-order valence-corrected chi connectivity index (χ1v) is 13.3. The molecular formula is C29H23F3N2O5S. The van der Waals surface area contributed by atoms with E-state index >= 15 is 0 Å². The summed E-state index contributed by atoms with van der Waals surface area (Å²) in [4.78, 5) is 26.7. The summed E-state index contributed by atoms with van der Waals surface area (Å²) in [6.45, 7) is 3.24. The van der Waals surface area contributed by atoms with E-state index in [0.717, 1.165) is 35.8 Å². The van der Waals surface area contributed by atoms with Crippen LogP contribution in [0.25, 0.3) is 11.0 Å². The van der Waals surface area contributed by atoms with Crippen LogP contribution in [0, 0.1) is 11.3 Å². The van der Waals surface area contributed by atoms with E-state index < -0.39 is 35.6 Å². The predicted octanol–water partition coefficient (Wildman–Crippen LogP) is 7.17. The Morgan fingerprint density at radius 3 is 2.70 bits per heavy atom. The number of hydrogen-bond acceptors (Lipinski definition) is 7. The van der Waals surface area contributed by atoms with Crippen molar-refractivity contribution in [2.24, 2.45) is 0 Å². The van der Waals surface area contributed by atoms with E-state index in [0.29, 0.717) is 16.1 Å². The van der Waals surface area contributed by atoms with Crippen molar-refractivity contribution >= 4 is 33.2 Å². The minimum absolute atomic E-state index is 0.0203. The molecule has 2 heterocycles. The Morgan fingerprint density at radius 2 is 1.98 bits per heavy atom. The number of nitriles is 1. The van der Waals surface area contributed by atoms with Gasteiger partial charge in [-0.25, -0.2) is 0 Å². The molecule has 4 aromatic rings. The molecule has 0 unspecified atom stereocenters. The Labute approximate surface area is 230 Å². The molecule has 11 heteroatoms. The quantitative estimate of drug-likeness (QED) is 0.254. The molecule has 0 aliphatic heterocycles. The summed E-state index contributed by atoms with van der Waals surface area (Å²) in [6, 6.07) is 12.4. The van der Waals surface area contributed by atoms with Crippen molar-refractivity contribution in [1.29, 1.82) is 5.26 Å². The molecule has 1 aliphatic carbocycles. The molecule has 0 radical (unpaired) electrons. The number of carbonyl (C=O) groups is 1. The normalized spacial score (nSPS) is 12.8. The number of aryl methyl sites for hydroxylation is 1. The van der Waals surface area contributed by atoms with E-state index in [1.165, 1.54) is 29.5 Å². The third-order valence-electron chi connectivity index (χ3n) is 6.49. The molecule has 0 saturated carbocycles. The lowest BCUT2D eigenvalue weighted by Crippen LogP contribution is -2.20. The van der Waals surface area contributed by atoms with Gasteiger partial charge in [-0.3, -0.25) is 9.59 Å². The van der Waals surface area contributed by atoms with E-state index in [4.69, 9.17) is 13.9 Å². The van der Waals surface area contributed by atoms with Crippen molar-refractivity contribution < 1.29 is 31.9 Å². The fourth-order valence-electron chi connectivity index (χ4n) is 4.61. The van der Waals surface area contributed by atoms with Crippen molar-refractivity contribution in [3.8, 4) is 23.3 Å². The molecule has 0 bridgehead atoms. The number of anilines is 1. The van der Waals surface area contributed by atoms with Crippen LogP contribution < -0.4 is 20.2 Å². The zero-order valence-electron chi connectivity index (χ0n) is 21.5. The number of amides is 1. The summed E-state index contributed by atoms with van der Waals surface area (Å²) in [5.41, 5.74) is 0.676. The van der Waals surface area contributed by atoms with Crippen LogP contribution in [0.5, 0.6) is 17.2 Å². The van der Waals surface area contributed by atoms with Crippen LogP contribution in [-0.2, 0) is 23.8 Å². The Kier molecular flexibility index (Phi) is 7.29. The fourth-order valence-corrected chi connectivity index (χ4v) is 5.86. The molecule has 40 heavy (non-hydrogen) atoms. The molecule has 206 valence electrons. The largest absolute Gasteiger partial charge is 0.484 e. The number of para-hydroxylation sites is 1. The molecule has 7 nitrogen and oxygen atoms in total. The maximum atomic E-state index is 14.0. The summed E-state index contributed by atoms with van der Waals surface area (Å²) >= 11 is 1.36. The van der Waals surface area contributed by atoms with Gasteiger partial charge in [0.1, 0.15) is 28.2 Å². The van der Waals surface area contributed by atoms with E-state index in [-0.39, 0.29) is 28.4 Å². The number of halogens is 3. The zero-order chi connectivity index (χ0) is 28.6. The Balaban J connectivity index is 1.40. The highest BCUT2D eigenvalue weighted by Crippen LogP contribution is 2.40. The number of rotatable bonds is 7. The number of carbonyl (C=O) groups excluding carboxylic acids is 1. The molecule has 2 aromatic carbocycles. The summed E-state index contributed by atoms with van der Waals surface area (Å²) in [5.74, 6) is -3.00. The Morgan fingerprint density at radius 1 is 1.20 bits per heavy atom. The van der Waals surface area contributed by atoms with E-state index in [1.54, 1.807) is 18.2 Å². The maximum absolute atomic E-state index is 14.0. The summed E-state index contributed by atoms with van der Waals surface area (Å²) < 4.78 is 58.1. The molecule has 2 aromatic heterocycles. The zero-order valence-corrected chi connectivity index (χ0v) is 22.3. The maximum Gasteiger partial charge on any atom is 0.453 e. The van der Waals surface area contributed by atoms with Crippen LogP contribution in [0.2, 0.25) is 0 Å². The van der Waals surface area contributed by atoms with Gasteiger partial charge < -0.3 is 19.2 Å². The summed E-state index contributed by atoms with van der Waals surface area (Å²) in [5, 5.41) is 12.5.